The maximum absolute atomic E-state index is 12.9. The van der Waals surface area contributed by atoms with Gasteiger partial charge < -0.3 is 15.7 Å². The fourth-order valence-corrected chi connectivity index (χ4v) is 3.41. The summed E-state index contributed by atoms with van der Waals surface area (Å²) in [5.41, 5.74) is 4.85. The van der Waals surface area contributed by atoms with Gasteiger partial charge in [0.1, 0.15) is 11.3 Å². The molecule has 0 aliphatic carbocycles. The number of carboxylic acid groups (broad SMARTS) is 1. The normalized spacial score (nSPS) is 15.0. The second-order valence-electron chi connectivity index (χ2n) is 7.97. The zero-order valence-electron chi connectivity index (χ0n) is 16.7. The van der Waals surface area contributed by atoms with E-state index in [4.69, 9.17) is 16.2 Å². The summed E-state index contributed by atoms with van der Waals surface area (Å²) >= 11 is 0. The quantitative estimate of drug-likeness (QED) is 0.263. The van der Waals surface area contributed by atoms with Crippen LogP contribution in [0.4, 0.5) is 0 Å². The van der Waals surface area contributed by atoms with Crippen molar-refractivity contribution in [3.8, 4) is 0 Å². The minimum absolute atomic E-state index is 0.0370. The van der Waals surface area contributed by atoms with Crippen LogP contribution in [0, 0.1) is 16.7 Å². The molecular formula is C21H27N3O5. The molecule has 1 aliphatic heterocycles. The van der Waals surface area contributed by atoms with Crippen molar-refractivity contribution in [3.05, 3.63) is 35.4 Å². The lowest BCUT2D eigenvalue weighted by atomic mass is 9.82. The molecule has 29 heavy (non-hydrogen) atoms. The Morgan fingerprint density at radius 2 is 1.62 bits per heavy atom. The van der Waals surface area contributed by atoms with Gasteiger partial charge in [0, 0.05) is 30.6 Å². The second kappa shape index (κ2) is 8.98. The lowest BCUT2D eigenvalue weighted by molar-refractivity contribution is -0.148. The van der Waals surface area contributed by atoms with Gasteiger partial charge in [-0.05, 0) is 32.6 Å². The molecule has 2 rings (SSSR count). The van der Waals surface area contributed by atoms with E-state index in [9.17, 15) is 19.2 Å². The van der Waals surface area contributed by atoms with Crippen LogP contribution >= 0.6 is 0 Å². The van der Waals surface area contributed by atoms with E-state index in [-0.39, 0.29) is 24.1 Å². The van der Waals surface area contributed by atoms with Crippen molar-refractivity contribution in [1.82, 2.24) is 4.90 Å². The van der Waals surface area contributed by atoms with Crippen LogP contribution in [-0.4, -0.2) is 52.4 Å². The predicted octanol–water partition coefficient (Wildman–Crippen LogP) is 1.85. The minimum Gasteiger partial charge on any atom is -0.481 e. The van der Waals surface area contributed by atoms with Crippen LogP contribution in [0.2, 0.25) is 0 Å². The molecule has 0 radical (unpaired) electrons. The van der Waals surface area contributed by atoms with Gasteiger partial charge in [-0.15, -0.1) is 0 Å². The average Bonchev–Trinajstić information content (AvgIpc) is 2.67. The third-order valence-corrected chi connectivity index (χ3v) is 5.44. The molecule has 0 unspecified atom stereocenters. The first-order valence-corrected chi connectivity index (χ1v) is 9.54. The number of benzene rings is 1. The number of nitrogens with one attached hydrogen (secondary N) is 1. The van der Waals surface area contributed by atoms with Gasteiger partial charge in [0.05, 0.1) is 6.42 Å². The summed E-state index contributed by atoms with van der Waals surface area (Å²) in [6, 6.07) is 6.10. The van der Waals surface area contributed by atoms with Crippen LogP contribution in [0.25, 0.3) is 0 Å². The monoisotopic (exact) mass is 401 g/mol. The number of amidine groups is 1. The number of hydrogen-bond donors (Lipinski definition) is 3. The van der Waals surface area contributed by atoms with Crippen molar-refractivity contribution >= 4 is 29.3 Å². The lowest BCUT2D eigenvalue weighted by Crippen LogP contribution is -2.48. The fraction of sp³-hybridized carbons (Fsp3) is 0.476. The number of nitrogens with zero attached hydrogens (tertiary/aromatic N) is 1. The number of ketones is 2. The molecule has 0 spiro atoms. The van der Waals surface area contributed by atoms with E-state index in [0.29, 0.717) is 37.1 Å². The van der Waals surface area contributed by atoms with Gasteiger partial charge in [-0.1, -0.05) is 24.3 Å². The molecule has 1 aromatic carbocycles. The third kappa shape index (κ3) is 5.49. The molecule has 4 N–H and O–H groups in total. The van der Waals surface area contributed by atoms with Crippen molar-refractivity contribution in [2.75, 3.05) is 13.1 Å². The Morgan fingerprint density at radius 1 is 1.10 bits per heavy atom. The van der Waals surface area contributed by atoms with Crippen LogP contribution < -0.4 is 5.73 Å². The number of nitrogen functional groups attached to an aromatic ring is 1. The van der Waals surface area contributed by atoms with Crippen LogP contribution in [0.15, 0.2) is 24.3 Å². The molecule has 1 heterocycles. The number of carbonyl (C=O) groups is 4. The van der Waals surface area contributed by atoms with Crippen LogP contribution in [-0.2, 0) is 14.4 Å². The van der Waals surface area contributed by atoms with E-state index in [1.807, 2.05) is 0 Å². The summed E-state index contributed by atoms with van der Waals surface area (Å²) in [5, 5.41) is 16.3. The molecule has 0 aromatic heterocycles. The Balaban J connectivity index is 1.98. The topological polar surface area (TPSA) is 142 Å². The SMILES string of the molecule is CC(C)(C(=O)CC(=O)c1ccc(C(=N)N)cc1)C(=O)N1CCC(CC(=O)O)CC1. The highest BCUT2D eigenvalue weighted by atomic mass is 16.4. The molecule has 0 atom stereocenters. The van der Waals surface area contributed by atoms with Crippen molar-refractivity contribution in [1.29, 1.82) is 5.41 Å². The number of Topliss-reactive ketones (excluding diaryl/α,β-unsaturated/α-hetero) is 2. The fourth-order valence-electron chi connectivity index (χ4n) is 3.41. The van der Waals surface area contributed by atoms with Gasteiger partial charge in [0.15, 0.2) is 11.6 Å². The number of carboxylic acids is 1. The zero-order chi connectivity index (χ0) is 21.8. The third-order valence-electron chi connectivity index (χ3n) is 5.44. The smallest absolute Gasteiger partial charge is 0.303 e. The highest BCUT2D eigenvalue weighted by molar-refractivity contribution is 6.15. The van der Waals surface area contributed by atoms with Gasteiger partial charge >= 0.3 is 5.97 Å². The number of hydrogen-bond acceptors (Lipinski definition) is 5. The lowest BCUT2D eigenvalue weighted by Gasteiger charge is -2.36. The van der Waals surface area contributed by atoms with Crippen LogP contribution in [0.5, 0.6) is 0 Å². The van der Waals surface area contributed by atoms with E-state index in [1.54, 1.807) is 4.90 Å². The molecule has 1 aliphatic rings. The first kappa shape index (κ1) is 22.3. The van der Waals surface area contributed by atoms with Crippen molar-refractivity contribution in [2.45, 2.75) is 39.5 Å². The van der Waals surface area contributed by atoms with Gasteiger partial charge in [-0.2, -0.15) is 0 Å². The zero-order valence-corrected chi connectivity index (χ0v) is 16.7. The molecule has 156 valence electrons. The number of amides is 1. The molecule has 1 fully saturated rings. The standard InChI is InChI=1S/C21H27N3O5/c1-21(2,20(29)24-9-7-13(8-10-24)11-18(27)28)17(26)12-16(25)14-3-5-15(6-4-14)19(22)23/h3-6,13H,7-12H2,1-2H3,(H3,22,23)(H,27,28). The first-order valence-electron chi connectivity index (χ1n) is 9.54. The molecule has 1 saturated heterocycles. The Bertz CT molecular complexity index is 821. The molecule has 1 amide bonds. The maximum atomic E-state index is 12.9. The molecule has 8 heteroatoms. The predicted molar refractivity (Wildman–Crippen MR) is 107 cm³/mol. The van der Waals surface area contributed by atoms with Gasteiger partial charge in [-0.25, -0.2) is 0 Å². The number of likely N-dealkylation sites (tertiary alicyclic amines) is 1. The summed E-state index contributed by atoms with van der Waals surface area (Å²) in [7, 11) is 0. The Kier molecular flexibility index (Phi) is 6.89. The van der Waals surface area contributed by atoms with E-state index >= 15 is 0 Å². The Hall–Kier alpha value is -3.03. The minimum atomic E-state index is -1.34. The van der Waals surface area contributed by atoms with Gasteiger partial charge in [-0.3, -0.25) is 24.6 Å². The number of nitrogens with two attached hydrogens (primary N) is 1. The molecule has 1 aromatic rings. The van der Waals surface area contributed by atoms with Crippen molar-refractivity contribution in [3.63, 3.8) is 0 Å². The number of carbonyl (C=O) groups excluding carboxylic acids is 3. The number of rotatable bonds is 8. The summed E-state index contributed by atoms with van der Waals surface area (Å²) in [5.74, 6) is -2.12. The first-order chi connectivity index (χ1) is 13.5. The summed E-state index contributed by atoms with van der Waals surface area (Å²) in [6.07, 6.45) is 0.863. The highest BCUT2D eigenvalue weighted by Gasteiger charge is 2.40. The summed E-state index contributed by atoms with van der Waals surface area (Å²) in [6.45, 7) is 3.86. The molecule has 0 saturated carbocycles. The van der Waals surface area contributed by atoms with E-state index < -0.39 is 29.4 Å². The summed E-state index contributed by atoms with van der Waals surface area (Å²) in [4.78, 5) is 50.4. The Morgan fingerprint density at radius 3 is 2.10 bits per heavy atom. The van der Waals surface area contributed by atoms with E-state index in [0.717, 1.165) is 0 Å². The van der Waals surface area contributed by atoms with Gasteiger partial charge in [0.25, 0.3) is 0 Å². The maximum Gasteiger partial charge on any atom is 0.303 e. The summed E-state index contributed by atoms with van der Waals surface area (Å²) < 4.78 is 0. The van der Waals surface area contributed by atoms with Crippen molar-refractivity contribution in [2.24, 2.45) is 17.1 Å². The van der Waals surface area contributed by atoms with Crippen LogP contribution in [0.3, 0.4) is 0 Å². The Labute approximate surface area is 169 Å². The second-order valence-corrected chi connectivity index (χ2v) is 7.97. The largest absolute Gasteiger partial charge is 0.481 e. The average molecular weight is 401 g/mol. The number of aliphatic carboxylic acids is 1. The van der Waals surface area contributed by atoms with Gasteiger partial charge in [0.2, 0.25) is 5.91 Å². The van der Waals surface area contributed by atoms with E-state index in [1.165, 1.54) is 38.1 Å². The number of piperidine rings is 1. The van der Waals surface area contributed by atoms with E-state index in [2.05, 4.69) is 0 Å². The van der Waals surface area contributed by atoms with Crippen molar-refractivity contribution < 1.29 is 24.3 Å². The molecule has 8 nitrogen and oxygen atoms in total. The highest BCUT2D eigenvalue weighted by Crippen LogP contribution is 2.27. The molecular weight excluding hydrogens is 374 g/mol. The van der Waals surface area contributed by atoms with Crippen LogP contribution in [0.1, 0.15) is 55.5 Å². The molecule has 0 bridgehead atoms.